The number of hydrogen-bond acceptors (Lipinski definition) is 4. The van der Waals surface area contributed by atoms with Gasteiger partial charge in [-0.3, -0.25) is 9.59 Å². The van der Waals surface area contributed by atoms with E-state index < -0.39 is 0 Å². The van der Waals surface area contributed by atoms with Gasteiger partial charge in [0, 0.05) is 17.8 Å². The fraction of sp³-hybridized carbons (Fsp3) is 0.263. The predicted molar refractivity (Wildman–Crippen MR) is 96.3 cm³/mol. The van der Waals surface area contributed by atoms with Crippen LogP contribution < -0.4 is 20.1 Å². The van der Waals surface area contributed by atoms with E-state index in [4.69, 9.17) is 9.47 Å². The summed E-state index contributed by atoms with van der Waals surface area (Å²) in [6, 6.07) is 12.2. The lowest BCUT2D eigenvalue weighted by molar-refractivity contribution is -0.115. The highest BCUT2D eigenvalue weighted by molar-refractivity contribution is 5.97. The highest BCUT2D eigenvalue weighted by atomic mass is 16.5. The molecule has 0 fully saturated rings. The molecule has 132 valence electrons. The van der Waals surface area contributed by atoms with Gasteiger partial charge in [0.15, 0.2) is 11.5 Å². The van der Waals surface area contributed by atoms with E-state index in [2.05, 4.69) is 10.6 Å². The molecule has 0 aliphatic carbocycles. The van der Waals surface area contributed by atoms with E-state index in [0.717, 1.165) is 5.56 Å². The van der Waals surface area contributed by atoms with E-state index in [1.165, 1.54) is 0 Å². The van der Waals surface area contributed by atoms with Crippen LogP contribution in [0.5, 0.6) is 11.5 Å². The molecule has 0 atom stereocenters. The third-order valence-corrected chi connectivity index (χ3v) is 3.56. The number of carbonyl (C=O) groups excluding carboxylic acids is 2. The summed E-state index contributed by atoms with van der Waals surface area (Å²) in [5.41, 5.74) is 1.88. The van der Waals surface area contributed by atoms with Crippen LogP contribution in [-0.2, 0) is 11.2 Å². The van der Waals surface area contributed by atoms with Gasteiger partial charge in [-0.25, -0.2) is 0 Å². The molecule has 0 aliphatic heterocycles. The highest BCUT2D eigenvalue weighted by Crippen LogP contribution is 2.27. The third-order valence-electron chi connectivity index (χ3n) is 3.56. The van der Waals surface area contributed by atoms with Gasteiger partial charge in [-0.15, -0.1) is 0 Å². The first-order valence-corrected chi connectivity index (χ1v) is 7.96. The minimum absolute atomic E-state index is 0.168. The Morgan fingerprint density at radius 3 is 2.44 bits per heavy atom. The van der Waals surface area contributed by atoms with Gasteiger partial charge in [0.1, 0.15) is 0 Å². The Hall–Kier alpha value is -3.02. The molecule has 0 saturated carbocycles. The van der Waals surface area contributed by atoms with E-state index in [1.54, 1.807) is 50.6 Å². The van der Waals surface area contributed by atoms with Crippen molar-refractivity contribution in [2.24, 2.45) is 0 Å². The Bertz CT molecular complexity index is 759. The van der Waals surface area contributed by atoms with Crippen molar-refractivity contribution in [3.63, 3.8) is 0 Å². The van der Waals surface area contributed by atoms with Gasteiger partial charge in [-0.05, 0) is 42.8 Å². The Labute approximate surface area is 147 Å². The summed E-state index contributed by atoms with van der Waals surface area (Å²) >= 11 is 0. The second-order valence-corrected chi connectivity index (χ2v) is 5.35. The first-order chi connectivity index (χ1) is 12.1. The molecule has 2 N–H and O–H groups in total. The topological polar surface area (TPSA) is 76.7 Å². The molecule has 6 nitrogen and oxygen atoms in total. The van der Waals surface area contributed by atoms with Crippen LogP contribution in [0.1, 0.15) is 22.8 Å². The molecule has 0 radical (unpaired) electrons. The van der Waals surface area contributed by atoms with E-state index in [9.17, 15) is 9.59 Å². The minimum atomic E-state index is -0.180. The molecule has 2 aromatic rings. The van der Waals surface area contributed by atoms with Crippen LogP contribution in [0.15, 0.2) is 42.5 Å². The monoisotopic (exact) mass is 342 g/mol. The lowest BCUT2D eigenvalue weighted by Crippen LogP contribution is -2.23. The molecule has 2 rings (SSSR count). The van der Waals surface area contributed by atoms with Crippen molar-refractivity contribution in [3.8, 4) is 11.5 Å². The summed E-state index contributed by atoms with van der Waals surface area (Å²) in [5, 5.41) is 5.53. The molecule has 0 bridgehead atoms. The molecular weight excluding hydrogens is 320 g/mol. The lowest BCUT2D eigenvalue weighted by Gasteiger charge is -2.10. The number of methoxy groups -OCH3 is 2. The van der Waals surface area contributed by atoms with Crippen LogP contribution >= 0.6 is 0 Å². The maximum atomic E-state index is 12.3. The van der Waals surface area contributed by atoms with Gasteiger partial charge in [0.25, 0.3) is 5.91 Å². The molecule has 25 heavy (non-hydrogen) atoms. The van der Waals surface area contributed by atoms with E-state index >= 15 is 0 Å². The van der Waals surface area contributed by atoms with Gasteiger partial charge in [-0.1, -0.05) is 12.1 Å². The van der Waals surface area contributed by atoms with Crippen LogP contribution in [0.4, 0.5) is 5.69 Å². The molecule has 0 aromatic heterocycles. The number of rotatable bonds is 7. The molecule has 0 saturated heterocycles. The summed E-state index contributed by atoms with van der Waals surface area (Å²) < 4.78 is 10.4. The number of nitrogens with one attached hydrogen (secondary N) is 2. The minimum Gasteiger partial charge on any atom is -0.493 e. The summed E-state index contributed by atoms with van der Waals surface area (Å²) in [5.74, 6) is 0.839. The number of carbonyl (C=O) groups is 2. The fourth-order valence-corrected chi connectivity index (χ4v) is 2.38. The number of ether oxygens (including phenoxy) is 2. The van der Waals surface area contributed by atoms with Crippen molar-refractivity contribution in [1.82, 2.24) is 5.32 Å². The summed E-state index contributed by atoms with van der Waals surface area (Å²) in [6.07, 6.45) is 0.186. The van der Waals surface area contributed by atoms with Crippen molar-refractivity contribution in [2.75, 3.05) is 26.1 Å². The van der Waals surface area contributed by atoms with Gasteiger partial charge >= 0.3 is 0 Å². The highest BCUT2D eigenvalue weighted by Gasteiger charge is 2.10. The molecule has 0 unspecified atom stereocenters. The van der Waals surface area contributed by atoms with E-state index in [-0.39, 0.29) is 18.2 Å². The molecule has 2 amide bonds. The number of benzene rings is 2. The van der Waals surface area contributed by atoms with Crippen LogP contribution in [0.2, 0.25) is 0 Å². The first-order valence-electron chi connectivity index (χ1n) is 7.96. The van der Waals surface area contributed by atoms with Gasteiger partial charge < -0.3 is 20.1 Å². The van der Waals surface area contributed by atoms with Crippen molar-refractivity contribution < 1.29 is 19.1 Å². The number of anilines is 1. The summed E-state index contributed by atoms with van der Waals surface area (Å²) in [6.45, 7) is 2.40. The maximum absolute atomic E-state index is 12.3. The van der Waals surface area contributed by atoms with Crippen molar-refractivity contribution in [1.29, 1.82) is 0 Å². The van der Waals surface area contributed by atoms with Crippen LogP contribution in [0, 0.1) is 0 Å². The average molecular weight is 342 g/mol. The lowest BCUT2D eigenvalue weighted by atomic mass is 10.1. The van der Waals surface area contributed by atoms with Crippen LogP contribution in [0.25, 0.3) is 0 Å². The van der Waals surface area contributed by atoms with E-state index in [1.807, 2.05) is 13.0 Å². The fourth-order valence-electron chi connectivity index (χ4n) is 2.38. The van der Waals surface area contributed by atoms with Crippen molar-refractivity contribution in [3.05, 3.63) is 53.6 Å². The Morgan fingerprint density at radius 2 is 1.76 bits per heavy atom. The molecular formula is C19H22N2O4. The Kier molecular flexibility index (Phi) is 6.39. The largest absolute Gasteiger partial charge is 0.493 e. The SMILES string of the molecule is CCNC(=O)c1cccc(NC(=O)Cc2ccc(OC)c(OC)c2)c1. The summed E-state index contributed by atoms with van der Waals surface area (Å²) in [4.78, 5) is 24.1. The number of hydrogen-bond donors (Lipinski definition) is 2. The molecule has 2 aromatic carbocycles. The molecule has 0 heterocycles. The quantitative estimate of drug-likeness (QED) is 0.811. The molecule has 0 spiro atoms. The second kappa shape index (κ2) is 8.73. The third kappa shape index (κ3) is 4.97. The van der Waals surface area contributed by atoms with Crippen molar-refractivity contribution >= 4 is 17.5 Å². The predicted octanol–water partition coefficient (Wildman–Crippen LogP) is 2.63. The smallest absolute Gasteiger partial charge is 0.251 e. The Balaban J connectivity index is 2.05. The van der Waals surface area contributed by atoms with Crippen molar-refractivity contribution in [2.45, 2.75) is 13.3 Å². The standard InChI is InChI=1S/C19H22N2O4/c1-4-20-19(23)14-6-5-7-15(12-14)21-18(22)11-13-8-9-16(24-2)17(10-13)25-3/h5-10,12H,4,11H2,1-3H3,(H,20,23)(H,21,22). The zero-order valence-corrected chi connectivity index (χ0v) is 14.6. The van der Waals surface area contributed by atoms with E-state index in [0.29, 0.717) is 29.3 Å². The number of amides is 2. The zero-order chi connectivity index (χ0) is 18.2. The summed E-state index contributed by atoms with van der Waals surface area (Å²) in [7, 11) is 3.11. The normalized spacial score (nSPS) is 10.0. The zero-order valence-electron chi connectivity index (χ0n) is 14.6. The Morgan fingerprint density at radius 1 is 1.00 bits per heavy atom. The average Bonchev–Trinajstić information content (AvgIpc) is 2.62. The van der Waals surface area contributed by atoms with Gasteiger partial charge in [0.2, 0.25) is 5.91 Å². The molecule has 6 heteroatoms. The van der Waals surface area contributed by atoms with Gasteiger partial charge in [-0.2, -0.15) is 0 Å². The van der Waals surface area contributed by atoms with Gasteiger partial charge in [0.05, 0.1) is 20.6 Å². The maximum Gasteiger partial charge on any atom is 0.251 e. The molecule has 0 aliphatic rings. The van der Waals surface area contributed by atoms with Crippen LogP contribution in [-0.4, -0.2) is 32.6 Å². The second-order valence-electron chi connectivity index (χ2n) is 5.35. The first kappa shape index (κ1) is 18.3. The van der Waals surface area contributed by atoms with Crippen LogP contribution in [0.3, 0.4) is 0 Å².